The summed E-state index contributed by atoms with van der Waals surface area (Å²) in [5.74, 6) is 0.832. The van der Waals surface area contributed by atoms with Crippen molar-refractivity contribution in [2.45, 2.75) is 51.9 Å². The lowest BCUT2D eigenvalue weighted by molar-refractivity contribution is -0.137. The summed E-state index contributed by atoms with van der Waals surface area (Å²) in [5, 5.41) is 0. The molecule has 0 aliphatic carbocycles. The lowest BCUT2D eigenvalue weighted by atomic mass is 9.79. The first kappa shape index (κ1) is 19.2. The predicted octanol–water partition coefficient (Wildman–Crippen LogP) is 1.61. The highest BCUT2D eigenvalue weighted by Crippen LogP contribution is 2.36. The number of hydrogen-bond donors (Lipinski definition) is 0. The average molecular weight is 361 g/mol. The van der Waals surface area contributed by atoms with Crippen molar-refractivity contribution >= 4 is 18.5 Å². The van der Waals surface area contributed by atoms with Crippen LogP contribution in [0.2, 0.25) is 0 Å². The molecular weight excluding hydrogens is 333 g/mol. The van der Waals surface area contributed by atoms with Gasteiger partial charge in [0.05, 0.1) is 24.4 Å². The molecule has 2 saturated heterocycles. The maximum absolute atomic E-state index is 11.5. The molecular formula is C19H28BNO5. The Labute approximate surface area is 155 Å². The second kappa shape index (κ2) is 7.21. The van der Waals surface area contributed by atoms with E-state index < -0.39 is 0 Å². The van der Waals surface area contributed by atoms with Crippen molar-refractivity contribution in [2.75, 3.05) is 26.3 Å². The summed E-state index contributed by atoms with van der Waals surface area (Å²) in [6.07, 6.45) is -0.101. The Morgan fingerprint density at radius 3 is 2.38 bits per heavy atom. The molecule has 0 bridgehead atoms. The zero-order valence-electron chi connectivity index (χ0n) is 16.3. The van der Waals surface area contributed by atoms with E-state index in [1.807, 2.05) is 52.0 Å². The van der Waals surface area contributed by atoms with Crippen LogP contribution in [0, 0.1) is 0 Å². The first-order valence-corrected chi connectivity index (χ1v) is 9.13. The third-order valence-electron chi connectivity index (χ3n) is 5.43. The van der Waals surface area contributed by atoms with Crippen molar-refractivity contribution in [3.05, 3.63) is 24.3 Å². The summed E-state index contributed by atoms with van der Waals surface area (Å²) >= 11 is 0. The number of hydrogen-bond acceptors (Lipinski definition) is 5. The Hall–Kier alpha value is -1.57. The quantitative estimate of drug-likeness (QED) is 0.763. The van der Waals surface area contributed by atoms with E-state index in [2.05, 4.69) is 0 Å². The molecule has 3 rings (SSSR count). The van der Waals surface area contributed by atoms with E-state index >= 15 is 0 Å². The second-order valence-corrected chi connectivity index (χ2v) is 7.93. The number of morpholine rings is 1. The number of benzene rings is 1. The zero-order chi connectivity index (χ0) is 18.9. The highest BCUT2D eigenvalue weighted by molar-refractivity contribution is 6.62. The maximum atomic E-state index is 11.5. The Morgan fingerprint density at radius 2 is 1.81 bits per heavy atom. The van der Waals surface area contributed by atoms with Gasteiger partial charge in [-0.05, 0) is 45.3 Å². The highest BCUT2D eigenvalue weighted by Gasteiger charge is 2.51. The van der Waals surface area contributed by atoms with Crippen molar-refractivity contribution in [3.8, 4) is 5.75 Å². The summed E-state index contributed by atoms with van der Waals surface area (Å²) in [6.45, 7) is 11.9. The molecule has 0 aromatic heterocycles. The number of ether oxygens (including phenoxy) is 2. The van der Waals surface area contributed by atoms with Gasteiger partial charge in [0.15, 0.2) is 0 Å². The smallest absolute Gasteiger partial charge is 0.491 e. The van der Waals surface area contributed by atoms with Crippen LogP contribution in [0.4, 0.5) is 0 Å². The van der Waals surface area contributed by atoms with Crippen LogP contribution in [0.5, 0.6) is 5.75 Å². The monoisotopic (exact) mass is 361 g/mol. The first-order chi connectivity index (χ1) is 12.2. The largest absolute Gasteiger partial charge is 0.494 e. The highest BCUT2D eigenvalue weighted by atomic mass is 16.7. The minimum atomic E-state index is -0.375. The van der Waals surface area contributed by atoms with E-state index in [0.717, 1.165) is 11.2 Å². The van der Waals surface area contributed by atoms with Crippen molar-refractivity contribution in [3.63, 3.8) is 0 Å². The van der Waals surface area contributed by atoms with Gasteiger partial charge in [0.2, 0.25) is 5.91 Å². The Bertz CT molecular complexity index is 630. The van der Waals surface area contributed by atoms with Gasteiger partial charge in [-0.15, -0.1) is 0 Å². The third kappa shape index (κ3) is 4.05. The number of carbonyl (C=O) groups excluding carboxylic acids is 1. The van der Waals surface area contributed by atoms with Gasteiger partial charge in [-0.2, -0.15) is 0 Å². The number of carbonyl (C=O) groups is 1. The van der Waals surface area contributed by atoms with Crippen LogP contribution in [0.25, 0.3) is 0 Å². The van der Waals surface area contributed by atoms with Crippen molar-refractivity contribution < 1.29 is 23.6 Å². The van der Waals surface area contributed by atoms with Crippen LogP contribution in [0.1, 0.15) is 34.6 Å². The second-order valence-electron chi connectivity index (χ2n) is 7.93. The topological polar surface area (TPSA) is 57.2 Å². The van der Waals surface area contributed by atoms with E-state index in [9.17, 15) is 4.79 Å². The Balaban J connectivity index is 1.55. The summed E-state index contributed by atoms with van der Waals surface area (Å²) in [6, 6.07) is 7.74. The van der Waals surface area contributed by atoms with Gasteiger partial charge in [0, 0.05) is 13.5 Å². The summed E-state index contributed by atoms with van der Waals surface area (Å²) in [5.41, 5.74) is 0.259. The van der Waals surface area contributed by atoms with Gasteiger partial charge in [-0.25, -0.2) is 0 Å². The van der Waals surface area contributed by atoms with E-state index in [1.165, 1.54) is 0 Å². The molecule has 1 unspecified atom stereocenters. The molecule has 26 heavy (non-hydrogen) atoms. The molecule has 0 spiro atoms. The molecule has 1 atom stereocenters. The predicted molar refractivity (Wildman–Crippen MR) is 99.6 cm³/mol. The van der Waals surface area contributed by atoms with Crippen LogP contribution in [0.3, 0.4) is 0 Å². The van der Waals surface area contributed by atoms with Gasteiger partial charge < -0.3 is 23.7 Å². The van der Waals surface area contributed by atoms with Gasteiger partial charge in [-0.1, -0.05) is 12.1 Å². The van der Waals surface area contributed by atoms with Gasteiger partial charge >= 0.3 is 7.12 Å². The number of nitrogens with zero attached hydrogens (tertiary/aromatic N) is 1. The Kier molecular flexibility index (Phi) is 5.33. The fraction of sp³-hybridized carbons (Fsp3) is 0.632. The molecule has 1 amide bonds. The fourth-order valence-corrected chi connectivity index (χ4v) is 3.00. The number of rotatable bonds is 4. The lowest BCUT2D eigenvalue weighted by Gasteiger charge is -2.32. The van der Waals surface area contributed by atoms with Crippen LogP contribution >= 0.6 is 0 Å². The summed E-state index contributed by atoms with van der Waals surface area (Å²) in [7, 11) is -0.375. The SMILES string of the molecule is CC(=O)N1CCOC(COc2ccc(B3OC(C)(C)C(C)(C)O3)cc2)C1. The standard InChI is InChI=1S/C19H28BNO5/c1-14(22)21-10-11-23-17(12-21)13-24-16-8-6-15(7-9-16)20-25-18(2,3)19(4,5)26-20/h6-9,17H,10-13H2,1-5H3. The molecule has 2 fully saturated rings. The minimum Gasteiger partial charge on any atom is -0.491 e. The van der Waals surface area contributed by atoms with Crippen molar-refractivity contribution in [2.24, 2.45) is 0 Å². The molecule has 0 radical (unpaired) electrons. The Morgan fingerprint density at radius 1 is 1.19 bits per heavy atom. The van der Waals surface area contributed by atoms with Crippen LogP contribution < -0.4 is 10.2 Å². The van der Waals surface area contributed by atoms with Gasteiger partial charge in [0.25, 0.3) is 0 Å². The third-order valence-corrected chi connectivity index (χ3v) is 5.43. The van der Waals surface area contributed by atoms with Crippen LogP contribution in [0.15, 0.2) is 24.3 Å². The normalized spacial score (nSPS) is 24.6. The van der Waals surface area contributed by atoms with Crippen molar-refractivity contribution in [1.82, 2.24) is 4.90 Å². The summed E-state index contributed by atoms with van der Waals surface area (Å²) < 4.78 is 23.6. The molecule has 0 saturated carbocycles. The summed E-state index contributed by atoms with van der Waals surface area (Å²) in [4.78, 5) is 13.3. The van der Waals surface area contributed by atoms with Gasteiger partial charge in [-0.3, -0.25) is 4.79 Å². The average Bonchev–Trinajstić information content (AvgIpc) is 2.81. The van der Waals surface area contributed by atoms with E-state index in [4.69, 9.17) is 18.8 Å². The molecule has 1 aromatic carbocycles. The van der Waals surface area contributed by atoms with E-state index in [-0.39, 0.29) is 30.3 Å². The maximum Gasteiger partial charge on any atom is 0.494 e. The molecule has 2 aliphatic rings. The van der Waals surface area contributed by atoms with Crippen molar-refractivity contribution in [1.29, 1.82) is 0 Å². The lowest BCUT2D eigenvalue weighted by Crippen LogP contribution is -2.46. The molecule has 142 valence electrons. The fourth-order valence-electron chi connectivity index (χ4n) is 3.00. The van der Waals surface area contributed by atoms with E-state index in [1.54, 1.807) is 11.8 Å². The number of amides is 1. The first-order valence-electron chi connectivity index (χ1n) is 9.13. The van der Waals surface area contributed by atoms with E-state index in [0.29, 0.717) is 26.3 Å². The molecule has 6 nitrogen and oxygen atoms in total. The van der Waals surface area contributed by atoms with Crippen LogP contribution in [-0.4, -0.2) is 61.5 Å². The molecule has 2 heterocycles. The molecule has 7 heteroatoms. The zero-order valence-corrected chi connectivity index (χ0v) is 16.3. The molecule has 2 aliphatic heterocycles. The van der Waals surface area contributed by atoms with Gasteiger partial charge in [0.1, 0.15) is 18.5 Å². The van der Waals surface area contributed by atoms with Crippen LogP contribution in [-0.2, 0) is 18.8 Å². The molecule has 1 aromatic rings. The molecule has 0 N–H and O–H groups in total. The minimum absolute atomic E-state index is 0.0741.